The lowest BCUT2D eigenvalue weighted by atomic mass is 10.2. The van der Waals surface area contributed by atoms with Gasteiger partial charge in [0.1, 0.15) is 11.5 Å². The number of benzene rings is 1. The number of nitrogens with zero attached hydrogens (tertiary/aromatic N) is 1. The van der Waals surface area contributed by atoms with Gasteiger partial charge in [-0.05, 0) is 18.2 Å². The van der Waals surface area contributed by atoms with Crippen LogP contribution in [0.25, 0.3) is 0 Å². The second kappa shape index (κ2) is 4.07. The van der Waals surface area contributed by atoms with Gasteiger partial charge in [0.15, 0.2) is 0 Å². The van der Waals surface area contributed by atoms with E-state index in [0.29, 0.717) is 0 Å². The lowest BCUT2D eigenvalue weighted by Gasteiger charge is -2.09. The Balaban J connectivity index is 2.97. The van der Waals surface area contributed by atoms with Crippen LogP contribution in [0.3, 0.4) is 0 Å². The van der Waals surface area contributed by atoms with Crippen LogP contribution < -0.4 is 10.6 Å². The summed E-state index contributed by atoms with van der Waals surface area (Å²) in [5, 5.41) is 12.3. The molecule has 15 heavy (non-hydrogen) atoms. The molecule has 0 amide bonds. The molecule has 1 aromatic carbocycles. The highest BCUT2D eigenvalue weighted by Crippen LogP contribution is 2.26. The molecule has 0 aliphatic carbocycles. The van der Waals surface area contributed by atoms with Crippen LogP contribution in [0, 0.1) is 0 Å². The molecule has 0 atom stereocenters. The Bertz CT molecular complexity index is 377. The molecular weight excluding hydrogens is 213 g/mol. The van der Waals surface area contributed by atoms with Gasteiger partial charge in [0, 0.05) is 5.56 Å². The van der Waals surface area contributed by atoms with E-state index in [2.05, 4.69) is 9.84 Å². The van der Waals surface area contributed by atoms with Crippen LogP contribution in [0.15, 0.2) is 23.3 Å². The van der Waals surface area contributed by atoms with Crippen molar-refractivity contribution in [2.24, 2.45) is 10.9 Å². The van der Waals surface area contributed by atoms with Gasteiger partial charge in [-0.1, -0.05) is 0 Å². The minimum atomic E-state index is -4.77. The quantitative estimate of drug-likeness (QED) is 0.451. The zero-order valence-electron chi connectivity index (χ0n) is 7.32. The number of phenols is 1. The molecule has 0 spiro atoms. The molecular formula is C8H7F3N2O2. The van der Waals surface area contributed by atoms with E-state index in [-0.39, 0.29) is 11.3 Å². The smallest absolute Gasteiger partial charge is 0.507 e. The molecule has 0 heterocycles. The molecule has 0 aliphatic heterocycles. The third-order valence-corrected chi connectivity index (χ3v) is 1.45. The first-order valence-electron chi connectivity index (χ1n) is 3.74. The molecule has 0 aromatic heterocycles. The van der Waals surface area contributed by atoms with Crippen molar-refractivity contribution in [2.75, 3.05) is 0 Å². The van der Waals surface area contributed by atoms with Crippen LogP contribution in [0.1, 0.15) is 5.56 Å². The number of aromatic hydroxyl groups is 1. The SMILES string of the molecule is NN=Cc1cc(OC(F)(F)F)ccc1O. The summed E-state index contributed by atoms with van der Waals surface area (Å²) >= 11 is 0. The number of phenolic OH excluding ortho intramolecular Hbond substituents is 1. The van der Waals surface area contributed by atoms with Crippen molar-refractivity contribution in [3.05, 3.63) is 23.8 Å². The summed E-state index contributed by atoms with van der Waals surface area (Å²) in [4.78, 5) is 0. The molecule has 1 aromatic rings. The maximum atomic E-state index is 11.8. The highest BCUT2D eigenvalue weighted by Gasteiger charge is 2.31. The van der Waals surface area contributed by atoms with E-state index >= 15 is 0 Å². The fraction of sp³-hybridized carbons (Fsp3) is 0.125. The van der Waals surface area contributed by atoms with E-state index < -0.39 is 12.1 Å². The van der Waals surface area contributed by atoms with Crippen molar-refractivity contribution in [3.8, 4) is 11.5 Å². The number of rotatable bonds is 2. The molecule has 0 bridgehead atoms. The maximum Gasteiger partial charge on any atom is 0.573 e. The zero-order chi connectivity index (χ0) is 11.5. The molecule has 0 fully saturated rings. The van der Waals surface area contributed by atoms with Crippen LogP contribution in [-0.4, -0.2) is 17.7 Å². The van der Waals surface area contributed by atoms with Crippen LogP contribution in [0.4, 0.5) is 13.2 Å². The van der Waals surface area contributed by atoms with Crippen LogP contribution in [0.5, 0.6) is 11.5 Å². The van der Waals surface area contributed by atoms with Crippen molar-refractivity contribution >= 4 is 6.21 Å². The number of nitrogens with two attached hydrogens (primary N) is 1. The van der Waals surface area contributed by atoms with E-state index in [1.54, 1.807) is 0 Å². The van der Waals surface area contributed by atoms with Crippen molar-refractivity contribution in [3.63, 3.8) is 0 Å². The van der Waals surface area contributed by atoms with Gasteiger partial charge in [0.2, 0.25) is 0 Å². The molecule has 0 saturated heterocycles. The van der Waals surface area contributed by atoms with E-state index in [0.717, 1.165) is 24.4 Å². The van der Waals surface area contributed by atoms with E-state index in [1.165, 1.54) is 0 Å². The highest BCUT2D eigenvalue weighted by molar-refractivity contribution is 5.83. The Morgan fingerprint density at radius 2 is 2.07 bits per heavy atom. The number of hydrazone groups is 1. The average molecular weight is 220 g/mol. The second-order valence-electron chi connectivity index (χ2n) is 2.55. The first kappa shape index (κ1) is 11.2. The number of hydrogen-bond donors (Lipinski definition) is 2. The van der Waals surface area contributed by atoms with E-state index in [1.807, 2.05) is 0 Å². The summed E-state index contributed by atoms with van der Waals surface area (Å²) in [6.45, 7) is 0. The summed E-state index contributed by atoms with van der Waals surface area (Å²) < 4.78 is 39.1. The maximum absolute atomic E-state index is 11.8. The Labute approximate surface area is 82.8 Å². The molecule has 3 N–H and O–H groups in total. The molecule has 7 heteroatoms. The second-order valence-corrected chi connectivity index (χ2v) is 2.55. The van der Waals surface area contributed by atoms with Crippen LogP contribution in [0.2, 0.25) is 0 Å². The number of alkyl halides is 3. The van der Waals surface area contributed by atoms with E-state index in [9.17, 15) is 18.3 Å². The van der Waals surface area contributed by atoms with Crippen LogP contribution >= 0.6 is 0 Å². The summed E-state index contributed by atoms with van der Waals surface area (Å²) in [6.07, 6.45) is -3.76. The molecule has 4 nitrogen and oxygen atoms in total. The average Bonchev–Trinajstić information content (AvgIpc) is 2.09. The normalized spacial score (nSPS) is 11.9. The molecule has 82 valence electrons. The fourth-order valence-electron chi connectivity index (χ4n) is 0.913. The van der Waals surface area contributed by atoms with Gasteiger partial charge in [0.05, 0.1) is 6.21 Å². The Morgan fingerprint density at radius 3 is 2.60 bits per heavy atom. The molecule has 0 saturated carbocycles. The van der Waals surface area contributed by atoms with Gasteiger partial charge in [-0.2, -0.15) is 5.10 Å². The third kappa shape index (κ3) is 3.37. The molecule has 1 rings (SSSR count). The number of halogens is 3. The minimum absolute atomic E-state index is 0.0410. The molecule has 0 aliphatic rings. The standard InChI is InChI=1S/C8H7F3N2O2/c9-8(10,11)15-6-1-2-7(14)5(3-6)4-13-12/h1-4,14H,12H2. The predicted molar refractivity (Wildman–Crippen MR) is 46.6 cm³/mol. The molecule has 0 radical (unpaired) electrons. The van der Waals surface area contributed by atoms with Gasteiger partial charge in [-0.25, -0.2) is 0 Å². The first-order valence-corrected chi connectivity index (χ1v) is 3.74. The Hall–Kier alpha value is -1.92. The van der Waals surface area contributed by atoms with Gasteiger partial charge in [-0.15, -0.1) is 13.2 Å². The first-order chi connectivity index (χ1) is 6.92. The third-order valence-electron chi connectivity index (χ3n) is 1.45. The zero-order valence-corrected chi connectivity index (χ0v) is 7.32. The van der Waals surface area contributed by atoms with Gasteiger partial charge >= 0.3 is 6.36 Å². The van der Waals surface area contributed by atoms with Crippen molar-refractivity contribution in [1.82, 2.24) is 0 Å². The minimum Gasteiger partial charge on any atom is -0.507 e. The number of hydrogen-bond acceptors (Lipinski definition) is 4. The lowest BCUT2D eigenvalue weighted by molar-refractivity contribution is -0.274. The van der Waals surface area contributed by atoms with Gasteiger partial charge < -0.3 is 15.7 Å². The fourth-order valence-corrected chi connectivity index (χ4v) is 0.913. The predicted octanol–water partition coefficient (Wildman–Crippen LogP) is 1.58. The largest absolute Gasteiger partial charge is 0.573 e. The van der Waals surface area contributed by atoms with Crippen molar-refractivity contribution < 1.29 is 23.0 Å². The summed E-state index contributed by atoms with van der Waals surface area (Å²) in [7, 11) is 0. The van der Waals surface area contributed by atoms with Crippen LogP contribution in [-0.2, 0) is 0 Å². The van der Waals surface area contributed by atoms with E-state index in [4.69, 9.17) is 5.84 Å². The lowest BCUT2D eigenvalue weighted by Crippen LogP contribution is -2.17. The highest BCUT2D eigenvalue weighted by atomic mass is 19.4. The summed E-state index contributed by atoms with van der Waals surface area (Å²) in [5.74, 6) is 4.12. The summed E-state index contributed by atoms with van der Waals surface area (Å²) in [6, 6.07) is 3.01. The number of ether oxygens (including phenoxy) is 1. The monoisotopic (exact) mass is 220 g/mol. The Morgan fingerprint density at radius 1 is 1.40 bits per heavy atom. The van der Waals surface area contributed by atoms with Gasteiger partial charge in [0.25, 0.3) is 0 Å². The van der Waals surface area contributed by atoms with Crippen molar-refractivity contribution in [1.29, 1.82) is 0 Å². The summed E-state index contributed by atoms with van der Waals surface area (Å²) in [5.41, 5.74) is 0.0410. The molecule has 0 unspecified atom stereocenters. The topological polar surface area (TPSA) is 67.8 Å². The Kier molecular flexibility index (Phi) is 3.03. The van der Waals surface area contributed by atoms with Crippen molar-refractivity contribution in [2.45, 2.75) is 6.36 Å². The van der Waals surface area contributed by atoms with Gasteiger partial charge in [-0.3, -0.25) is 0 Å².